The molecule has 5 heteroatoms. The number of nitrogens with zero attached hydrogens (tertiary/aromatic N) is 1. The highest BCUT2D eigenvalue weighted by Gasteiger charge is 2.42. The summed E-state index contributed by atoms with van der Waals surface area (Å²) in [6, 6.07) is 20.6. The maximum Gasteiger partial charge on any atom is 0.336 e. The third-order valence-electron chi connectivity index (χ3n) is 7.77. The zero-order chi connectivity index (χ0) is 25.9. The number of carbonyl (C=O) groups is 1. The Labute approximate surface area is 216 Å². The molecule has 2 N–H and O–H groups in total. The average molecular weight is 491 g/mol. The monoisotopic (exact) mass is 490 g/mol. The Kier molecular flexibility index (Phi) is 5.19. The Morgan fingerprint density at radius 1 is 0.973 bits per heavy atom. The number of ether oxygens (including phenoxy) is 1. The average Bonchev–Trinajstić information content (AvgIpc) is 3.37. The van der Waals surface area contributed by atoms with Gasteiger partial charge >= 0.3 is 5.97 Å². The van der Waals surface area contributed by atoms with Gasteiger partial charge in [-0.1, -0.05) is 36.4 Å². The molecule has 2 aliphatic heterocycles. The van der Waals surface area contributed by atoms with E-state index in [1.165, 1.54) is 17.0 Å². The number of aromatic carboxylic acids is 1. The molecule has 0 aromatic heterocycles. The number of fused-ring (bicyclic) bond motifs is 3. The number of allylic oxidation sites excluding steroid dienone is 4. The van der Waals surface area contributed by atoms with Crippen molar-refractivity contribution in [2.45, 2.75) is 32.1 Å². The highest BCUT2D eigenvalue weighted by molar-refractivity contribution is 6.03. The summed E-state index contributed by atoms with van der Waals surface area (Å²) in [4.78, 5) is 12.1. The van der Waals surface area contributed by atoms with Crippen molar-refractivity contribution in [1.29, 1.82) is 0 Å². The van der Waals surface area contributed by atoms with Crippen molar-refractivity contribution in [2.75, 3.05) is 7.05 Å². The van der Waals surface area contributed by atoms with Crippen LogP contribution in [0.1, 0.15) is 53.7 Å². The molecule has 6 rings (SSSR count). The van der Waals surface area contributed by atoms with Crippen molar-refractivity contribution < 1.29 is 24.3 Å². The standard InChI is InChI=1S/C32H27NO4/c1-32(2)25-10-6-7-11-26(25)33(3)28(32)17-13-19-12-15-24-29(21-8-4-5-9-22(21)31(35)36)23-16-14-20(34)18-27(23)37-30(19)24/h4-11,13-14,16-18H,12,15H2,1-3H3,(H,35,36)/p+1. The molecule has 5 nitrogen and oxygen atoms in total. The summed E-state index contributed by atoms with van der Waals surface area (Å²) in [5.41, 5.74) is 8.18. The van der Waals surface area contributed by atoms with Crippen molar-refractivity contribution in [1.82, 2.24) is 0 Å². The molecule has 0 spiro atoms. The van der Waals surface area contributed by atoms with E-state index in [0.717, 1.165) is 40.9 Å². The normalized spacial score (nSPS) is 17.7. The van der Waals surface area contributed by atoms with Crippen molar-refractivity contribution in [3.8, 4) is 11.5 Å². The maximum atomic E-state index is 12.1. The molecular weight excluding hydrogens is 462 g/mol. The number of benzene rings is 3. The lowest BCUT2D eigenvalue weighted by atomic mass is 9.81. The Morgan fingerprint density at radius 3 is 2.51 bits per heavy atom. The van der Waals surface area contributed by atoms with E-state index in [0.29, 0.717) is 11.3 Å². The van der Waals surface area contributed by atoms with Crippen LogP contribution in [0.4, 0.5) is 5.69 Å². The van der Waals surface area contributed by atoms with Crippen molar-refractivity contribution in [3.05, 3.63) is 118 Å². The second kappa shape index (κ2) is 8.34. The number of aromatic hydroxyl groups is 1. The molecule has 0 fully saturated rings. The highest BCUT2D eigenvalue weighted by atomic mass is 16.5. The van der Waals surface area contributed by atoms with Gasteiger partial charge in [-0.05, 0) is 62.1 Å². The van der Waals surface area contributed by atoms with Crippen LogP contribution >= 0.6 is 0 Å². The van der Waals surface area contributed by atoms with Crippen molar-refractivity contribution >= 4 is 22.9 Å². The zero-order valence-corrected chi connectivity index (χ0v) is 21.1. The lowest BCUT2D eigenvalue weighted by Gasteiger charge is -2.25. The van der Waals surface area contributed by atoms with Gasteiger partial charge in [0.2, 0.25) is 5.69 Å². The van der Waals surface area contributed by atoms with Gasteiger partial charge < -0.3 is 14.9 Å². The van der Waals surface area contributed by atoms with E-state index in [1.807, 2.05) is 12.1 Å². The van der Waals surface area contributed by atoms with Crippen LogP contribution in [-0.4, -0.2) is 33.5 Å². The van der Waals surface area contributed by atoms with Gasteiger partial charge in [-0.15, -0.1) is 0 Å². The molecule has 1 aliphatic carbocycles. The quantitative estimate of drug-likeness (QED) is 0.405. The summed E-state index contributed by atoms with van der Waals surface area (Å²) in [6.07, 6.45) is 5.84. The Balaban J connectivity index is 1.51. The topological polar surface area (TPSA) is 69.8 Å². The van der Waals surface area contributed by atoms with Gasteiger partial charge in [0.05, 0.1) is 11.0 Å². The molecule has 0 radical (unpaired) electrons. The number of rotatable bonds is 4. The molecule has 3 aromatic rings. The fourth-order valence-electron chi connectivity index (χ4n) is 5.96. The summed E-state index contributed by atoms with van der Waals surface area (Å²) in [5.74, 6) is 0.411. The first kappa shape index (κ1) is 23.0. The maximum absolute atomic E-state index is 12.1. The molecule has 3 aliphatic rings. The van der Waals surface area contributed by atoms with Gasteiger partial charge in [0.1, 0.15) is 24.3 Å². The number of hydrogen-bond donors (Lipinski definition) is 2. The van der Waals surface area contributed by atoms with E-state index < -0.39 is 5.97 Å². The molecule has 0 saturated heterocycles. The van der Waals surface area contributed by atoms with E-state index in [2.05, 4.69) is 61.9 Å². The lowest BCUT2D eigenvalue weighted by molar-refractivity contribution is -0.401. The largest absolute Gasteiger partial charge is 0.508 e. The minimum Gasteiger partial charge on any atom is -0.508 e. The van der Waals surface area contributed by atoms with Crippen LogP contribution in [0.2, 0.25) is 0 Å². The van der Waals surface area contributed by atoms with Crippen molar-refractivity contribution in [2.24, 2.45) is 0 Å². The number of phenolic OH excluding ortho intramolecular Hbond substituents is 1. The van der Waals surface area contributed by atoms with E-state index in [4.69, 9.17) is 4.74 Å². The van der Waals surface area contributed by atoms with Crippen LogP contribution in [-0.2, 0) is 5.41 Å². The molecule has 3 aromatic carbocycles. The van der Waals surface area contributed by atoms with Gasteiger partial charge in [0, 0.05) is 40.5 Å². The summed E-state index contributed by atoms with van der Waals surface area (Å²) >= 11 is 0. The number of para-hydroxylation sites is 1. The van der Waals surface area contributed by atoms with Crippen molar-refractivity contribution in [3.63, 3.8) is 0 Å². The van der Waals surface area contributed by atoms with Gasteiger partial charge in [0.15, 0.2) is 5.71 Å². The third-order valence-corrected chi connectivity index (χ3v) is 7.77. The lowest BCUT2D eigenvalue weighted by Crippen LogP contribution is -2.26. The summed E-state index contributed by atoms with van der Waals surface area (Å²) in [5, 5.41) is 20.1. The summed E-state index contributed by atoms with van der Waals surface area (Å²) in [6.45, 7) is 4.48. The molecule has 0 saturated carbocycles. The van der Waals surface area contributed by atoms with Gasteiger partial charge in [-0.3, -0.25) is 0 Å². The molecule has 184 valence electrons. The first-order valence-electron chi connectivity index (χ1n) is 12.5. The van der Waals surface area contributed by atoms with E-state index in [1.54, 1.807) is 30.3 Å². The predicted octanol–water partition coefficient (Wildman–Crippen LogP) is 6.60. The number of carboxylic acid groups (broad SMARTS) is 1. The first-order chi connectivity index (χ1) is 17.8. The minimum atomic E-state index is -0.971. The molecule has 2 heterocycles. The van der Waals surface area contributed by atoms with E-state index >= 15 is 0 Å². The highest BCUT2D eigenvalue weighted by Crippen LogP contribution is 2.49. The molecular formula is C32H28NO4+. The van der Waals surface area contributed by atoms with Crippen LogP contribution in [0.5, 0.6) is 11.5 Å². The summed E-state index contributed by atoms with van der Waals surface area (Å²) < 4.78 is 8.64. The smallest absolute Gasteiger partial charge is 0.336 e. The zero-order valence-electron chi connectivity index (χ0n) is 21.1. The van der Waals surface area contributed by atoms with Gasteiger partial charge in [0.25, 0.3) is 0 Å². The third kappa shape index (κ3) is 3.53. The second-order valence-electron chi connectivity index (χ2n) is 10.3. The van der Waals surface area contributed by atoms with E-state index in [9.17, 15) is 15.0 Å². The molecule has 0 bridgehead atoms. The SMILES string of the molecule is C[N+]1=C(C=CC2=C3Oc4cc(O)ccc4C(c4ccccc4C(=O)O)=C3CC2)C(C)(C)c2ccccc21. The van der Waals surface area contributed by atoms with Crippen LogP contribution in [0.3, 0.4) is 0 Å². The van der Waals surface area contributed by atoms with Crippen LogP contribution in [0, 0.1) is 0 Å². The molecule has 0 unspecified atom stereocenters. The number of phenols is 1. The summed E-state index contributed by atoms with van der Waals surface area (Å²) in [7, 11) is 2.10. The molecule has 0 atom stereocenters. The Hall–Kier alpha value is -4.38. The second-order valence-corrected chi connectivity index (χ2v) is 10.3. The number of carboxylic acids is 1. The minimum absolute atomic E-state index is 0.103. The van der Waals surface area contributed by atoms with Crippen LogP contribution < -0.4 is 4.74 Å². The van der Waals surface area contributed by atoms with E-state index in [-0.39, 0.29) is 16.7 Å². The fraction of sp³-hybridized carbons (Fsp3) is 0.188. The fourth-order valence-corrected chi connectivity index (χ4v) is 5.96. The van der Waals surface area contributed by atoms with Gasteiger partial charge in [-0.2, -0.15) is 4.58 Å². The van der Waals surface area contributed by atoms with Crippen LogP contribution in [0.15, 0.2) is 95.8 Å². The molecule has 37 heavy (non-hydrogen) atoms. The predicted molar refractivity (Wildman–Crippen MR) is 144 cm³/mol. The van der Waals surface area contributed by atoms with Crippen LogP contribution in [0.25, 0.3) is 5.57 Å². The van der Waals surface area contributed by atoms with Gasteiger partial charge in [-0.25, -0.2) is 4.79 Å². The first-order valence-corrected chi connectivity index (χ1v) is 12.5. The Morgan fingerprint density at radius 2 is 1.73 bits per heavy atom. The Bertz CT molecular complexity index is 1620. The molecule has 0 amide bonds. The number of hydrogen-bond acceptors (Lipinski definition) is 3.